The minimum absolute atomic E-state index is 0.651. The van der Waals surface area contributed by atoms with Crippen molar-refractivity contribution in [1.82, 2.24) is 34.7 Å². The molecule has 0 bridgehead atoms. The lowest BCUT2D eigenvalue weighted by Gasteiger charge is -2.09. The highest BCUT2D eigenvalue weighted by atomic mass is 15.3. The summed E-state index contributed by atoms with van der Waals surface area (Å²) in [6.45, 7) is 2.68. The Labute approximate surface area is 144 Å². The van der Waals surface area contributed by atoms with Gasteiger partial charge >= 0.3 is 0 Å². The van der Waals surface area contributed by atoms with E-state index in [1.165, 1.54) is 0 Å². The molecule has 0 radical (unpaired) electrons. The van der Waals surface area contributed by atoms with E-state index in [9.17, 15) is 0 Å². The summed E-state index contributed by atoms with van der Waals surface area (Å²) >= 11 is 0. The lowest BCUT2D eigenvalue weighted by atomic mass is 10.2. The summed E-state index contributed by atoms with van der Waals surface area (Å²) < 4.78 is 1.79. The van der Waals surface area contributed by atoms with Crippen molar-refractivity contribution in [3.8, 4) is 11.4 Å². The fourth-order valence-electron chi connectivity index (χ4n) is 2.83. The molecule has 4 aromatic heterocycles. The standard InChI is InChI=1S/C17H18N8/c1-11-14-16(21-8-5-13-19-9-10-20-13)22-15(12-3-6-18-7-4-12)23-17(14)25(2)24-11/h3-4,6-7,9-10H,5,8H2,1-2H3,(H,19,20)(H,21,22,23). The Morgan fingerprint density at radius 1 is 1.16 bits per heavy atom. The first-order valence-corrected chi connectivity index (χ1v) is 8.06. The van der Waals surface area contributed by atoms with Crippen LogP contribution in [-0.4, -0.2) is 41.2 Å². The van der Waals surface area contributed by atoms with Crippen LogP contribution in [-0.2, 0) is 13.5 Å². The first kappa shape index (κ1) is 15.3. The molecule has 0 aliphatic carbocycles. The third-order valence-electron chi connectivity index (χ3n) is 4.01. The normalized spacial score (nSPS) is 11.1. The van der Waals surface area contributed by atoms with E-state index in [0.717, 1.165) is 40.4 Å². The van der Waals surface area contributed by atoms with Crippen molar-refractivity contribution in [1.29, 1.82) is 0 Å². The topological polar surface area (TPSA) is 97.2 Å². The van der Waals surface area contributed by atoms with Crippen LogP contribution in [0.4, 0.5) is 5.82 Å². The summed E-state index contributed by atoms with van der Waals surface area (Å²) in [7, 11) is 1.89. The molecule has 2 N–H and O–H groups in total. The summed E-state index contributed by atoms with van der Waals surface area (Å²) in [4.78, 5) is 20.8. The molecule has 4 aromatic rings. The van der Waals surface area contributed by atoms with Crippen molar-refractivity contribution in [3.63, 3.8) is 0 Å². The molecule has 8 heteroatoms. The Morgan fingerprint density at radius 2 is 2.00 bits per heavy atom. The molecule has 0 amide bonds. The van der Waals surface area contributed by atoms with Gasteiger partial charge in [-0.15, -0.1) is 0 Å². The second-order valence-electron chi connectivity index (χ2n) is 5.75. The molecule has 0 spiro atoms. The van der Waals surface area contributed by atoms with Crippen LogP contribution < -0.4 is 5.32 Å². The van der Waals surface area contributed by atoms with Gasteiger partial charge in [-0.3, -0.25) is 9.67 Å². The summed E-state index contributed by atoms with van der Waals surface area (Å²) in [5.74, 6) is 2.38. The SMILES string of the molecule is Cc1nn(C)c2nc(-c3ccncc3)nc(NCCc3ncc[nH]3)c12. The number of aromatic amines is 1. The van der Waals surface area contributed by atoms with Crippen molar-refractivity contribution in [2.24, 2.45) is 7.05 Å². The van der Waals surface area contributed by atoms with Gasteiger partial charge < -0.3 is 10.3 Å². The van der Waals surface area contributed by atoms with Crippen molar-refractivity contribution < 1.29 is 0 Å². The van der Waals surface area contributed by atoms with Crippen molar-refractivity contribution >= 4 is 16.9 Å². The highest BCUT2D eigenvalue weighted by molar-refractivity contribution is 5.90. The molecule has 4 rings (SSSR count). The summed E-state index contributed by atoms with van der Waals surface area (Å²) in [6.07, 6.45) is 7.83. The second kappa shape index (κ2) is 6.31. The minimum atomic E-state index is 0.651. The average Bonchev–Trinajstić information content (AvgIpc) is 3.24. The van der Waals surface area contributed by atoms with Gasteiger partial charge in [-0.1, -0.05) is 0 Å². The predicted octanol–water partition coefficient (Wildman–Crippen LogP) is 2.11. The van der Waals surface area contributed by atoms with E-state index in [2.05, 4.69) is 30.4 Å². The number of fused-ring (bicyclic) bond motifs is 1. The molecule has 0 atom stereocenters. The molecule has 8 nitrogen and oxygen atoms in total. The molecule has 0 unspecified atom stereocenters. The Balaban J connectivity index is 1.72. The van der Waals surface area contributed by atoms with Gasteiger partial charge in [0.25, 0.3) is 0 Å². The molecule has 0 aliphatic heterocycles. The van der Waals surface area contributed by atoms with Crippen molar-refractivity contribution in [2.45, 2.75) is 13.3 Å². The van der Waals surface area contributed by atoms with Crippen molar-refractivity contribution in [3.05, 3.63) is 48.4 Å². The van der Waals surface area contributed by atoms with Crippen LogP contribution in [0.2, 0.25) is 0 Å². The molecule has 0 aliphatic rings. The average molecular weight is 334 g/mol. The number of aryl methyl sites for hydroxylation is 2. The van der Waals surface area contributed by atoms with E-state index in [-0.39, 0.29) is 0 Å². The highest BCUT2D eigenvalue weighted by Gasteiger charge is 2.15. The summed E-state index contributed by atoms with van der Waals surface area (Å²) in [5, 5.41) is 8.84. The molecule has 0 saturated carbocycles. The molecule has 25 heavy (non-hydrogen) atoms. The zero-order valence-electron chi connectivity index (χ0n) is 14.1. The Kier molecular flexibility index (Phi) is 3.85. The quantitative estimate of drug-likeness (QED) is 0.580. The number of aromatic nitrogens is 7. The van der Waals surface area contributed by atoms with E-state index < -0.39 is 0 Å². The van der Waals surface area contributed by atoms with Gasteiger partial charge in [0.2, 0.25) is 0 Å². The Hall–Kier alpha value is -3.29. The first-order valence-electron chi connectivity index (χ1n) is 8.06. The molecule has 4 heterocycles. The number of rotatable bonds is 5. The van der Waals surface area contributed by atoms with Gasteiger partial charge in [0.1, 0.15) is 11.6 Å². The number of anilines is 1. The second-order valence-corrected chi connectivity index (χ2v) is 5.75. The van der Waals surface area contributed by atoms with Crippen LogP contribution in [0.5, 0.6) is 0 Å². The third-order valence-corrected chi connectivity index (χ3v) is 4.01. The lowest BCUT2D eigenvalue weighted by molar-refractivity contribution is 0.773. The molecule has 126 valence electrons. The Bertz CT molecular complexity index is 989. The maximum absolute atomic E-state index is 4.73. The van der Waals surface area contributed by atoms with E-state index in [0.29, 0.717) is 12.4 Å². The fraction of sp³-hybridized carbons (Fsp3) is 0.235. The van der Waals surface area contributed by atoms with Gasteiger partial charge in [0.05, 0.1) is 11.1 Å². The number of nitrogens with one attached hydrogen (secondary N) is 2. The van der Waals surface area contributed by atoms with Crippen LogP contribution in [0.15, 0.2) is 36.9 Å². The maximum atomic E-state index is 4.73. The van der Waals surface area contributed by atoms with E-state index >= 15 is 0 Å². The van der Waals surface area contributed by atoms with Crippen LogP contribution in [0, 0.1) is 6.92 Å². The van der Waals surface area contributed by atoms with Crippen LogP contribution in [0.1, 0.15) is 11.5 Å². The number of hydrogen-bond donors (Lipinski definition) is 2. The van der Waals surface area contributed by atoms with E-state index in [4.69, 9.17) is 4.98 Å². The largest absolute Gasteiger partial charge is 0.369 e. The van der Waals surface area contributed by atoms with Gasteiger partial charge in [-0.2, -0.15) is 5.10 Å². The highest BCUT2D eigenvalue weighted by Crippen LogP contribution is 2.26. The van der Waals surface area contributed by atoms with Crippen LogP contribution in [0.25, 0.3) is 22.4 Å². The number of pyridine rings is 1. The zero-order valence-corrected chi connectivity index (χ0v) is 14.1. The molecule has 0 fully saturated rings. The summed E-state index contributed by atoms with van der Waals surface area (Å²) in [5.41, 5.74) is 2.63. The number of H-pyrrole nitrogens is 1. The maximum Gasteiger partial charge on any atom is 0.164 e. The third kappa shape index (κ3) is 2.93. The van der Waals surface area contributed by atoms with Gasteiger partial charge in [0.15, 0.2) is 11.5 Å². The molecular weight excluding hydrogens is 316 g/mol. The molecular formula is C17H18N8. The smallest absolute Gasteiger partial charge is 0.164 e. The lowest BCUT2D eigenvalue weighted by Crippen LogP contribution is -2.09. The van der Waals surface area contributed by atoms with Crippen LogP contribution >= 0.6 is 0 Å². The minimum Gasteiger partial charge on any atom is -0.369 e. The van der Waals surface area contributed by atoms with E-state index in [1.54, 1.807) is 23.3 Å². The Morgan fingerprint density at radius 3 is 2.76 bits per heavy atom. The van der Waals surface area contributed by atoms with E-state index in [1.807, 2.05) is 32.3 Å². The molecule has 0 saturated heterocycles. The van der Waals surface area contributed by atoms with Gasteiger partial charge in [-0.25, -0.2) is 15.0 Å². The first-order chi connectivity index (χ1) is 12.2. The summed E-state index contributed by atoms with van der Waals surface area (Å²) in [6, 6.07) is 3.80. The van der Waals surface area contributed by atoms with Gasteiger partial charge in [-0.05, 0) is 19.1 Å². The molecule has 0 aromatic carbocycles. The van der Waals surface area contributed by atoms with Crippen LogP contribution in [0.3, 0.4) is 0 Å². The monoisotopic (exact) mass is 334 g/mol. The fourth-order valence-corrected chi connectivity index (χ4v) is 2.83. The van der Waals surface area contributed by atoms with Gasteiger partial charge in [0, 0.05) is 50.4 Å². The zero-order chi connectivity index (χ0) is 17.2. The number of hydrogen-bond acceptors (Lipinski definition) is 6. The predicted molar refractivity (Wildman–Crippen MR) is 95.1 cm³/mol. The number of nitrogens with zero attached hydrogens (tertiary/aromatic N) is 6. The van der Waals surface area contributed by atoms with Crippen molar-refractivity contribution in [2.75, 3.05) is 11.9 Å². The number of imidazole rings is 1.